The maximum Gasteiger partial charge on any atom is 0.134 e. The Morgan fingerprint density at radius 3 is 2.81 bits per heavy atom. The fourth-order valence-corrected chi connectivity index (χ4v) is 2.10. The van der Waals surface area contributed by atoms with E-state index in [0.29, 0.717) is 5.69 Å². The van der Waals surface area contributed by atoms with Crippen LogP contribution in [0.25, 0.3) is 11.4 Å². The van der Waals surface area contributed by atoms with Crippen LogP contribution in [-0.4, -0.2) is 21.1 Å². The molecule has 3 nitrogen and oxygen atoms in total. The predicted octanol–water partition coefficient (Wildman–Crippen LogP) is 3.12. The molecule has 0 spiro atoms. The SMILES string of the molecule is C=C(O)c1ccnn1-c1ccccc1SC. The zero-order chi connectivity index (χ0) is 11.5. The number of aliphatic hydroxyl groups is 1. The molecule has 4 heteroatoms. The molecule has 0 aliphatic heterocycles. The molecule has 0 aliphatic rings. The number of aliphatic hydroxyl groups excluding tert-OH is 1. The first-order valence-electron chi connectivity index (χ1n) is 4.79. The molecule has 2 aromatic rings. The lowest BCUT2D eigenvalue weighted by atomic mass is 10.3. The van der Waals surface area contributed by atoms with Gasteiger partial charge in [-0.2, -0.15) is 5.10 Å². The summed E-state index contributed by atoms with van der Waals surface area (Å²) in [5.41, 5.74) is 1.56. The molecule has 0 radical (unpaired) electrons. The van der Waals surface area contributed by atoms with Gasteiger partial charge < -0.3 is 5.11 Å². The first kappa shape index (κ1) is 10.8. The molecule has 1 aromatic heterocycles. The minimum atomic E-state index is 0.0217. The van der Waals surface area contributed by atoms with Crippen LogP contribution in [0, 0.1) is 0 Å². The van der Waals surface area contributed by atoms with Crippen LogP contribution in [-0.2, 0) is 0 Å². The van der Waals surface area contributed by atoms with Gasteiger partial charge in [-0.25, -0.2) is 4.68 Å². The maximum atomic E-state index is 9.46. The van der Waals surface area contributed by atoms with E-state index in [-0.39, 0.29) is 5.76 Å². The molecular weight excluding hydrogens is 220 g/mol. The Labute approximate surface area is 98.4 Å². The van der Waals surface area contributed by atoms with Crippen LogP contribution in [0.4, 0.5) is 0 Å². The Balaban J connectivity index is 2.58. The molecule has 0 aliphatic carbocycles. The smallest absolute Gasteiger partial charge is 0.134 e. The molecule has 1 N–H and O–H groups in total. The molecule has 0 atom stereocenters. The number of para-hydroxylation sites is 1. The van der Waals surface area contributed by atoms with Gasteiger partial charge in [-0.3, -0.25) is 0 Å². The quantitative estimate of drug-likeness (QED) is 0.652. The van der Waals surface area contributed by atoms with Crippen molar-refractivity contribution in [2.24, 2.45) is 0 Å². The average molecular weight is 232 g/mol. The second-order valence-corrected chi connectivity index (χ2v) is 4.09. The first-order chi connectivity index (χ1) is 7.74. The highest BCUT2D eigenvalue weighted by molar-refractivity contribution is 7.98. The highest BCUT2D eigenvalue weighted by Gasteiger charge is 2.09. The summed E-state index contributed by atoms with van der Waals surface area (Å²) in [6.45, 7) is 3.53. The van der Waals surface area contributed by atoms with E-state index in [1.807, 2.05) is 30.5 Å². The standard InChI is InChI=1S/C12H12N2OS/c1-9(15)10-7-8-13-14(10)11-5-3-4-6-12(11)16-2/h3-8,15H,1H2,2H3. The van der Waals surface area contributed by atoms with Gasteiger partial charge in [0.05, 0.1) is 11.9 Å². The molecular formula is C12H12N2OS. The van der Waals surface area contributed by atoms with E-state index in [1.54, 1.807) is 28.7 Å². The topological polar surface area (TPSA) is 38.1 Å². The predicted molar refractivity (Wildman–Crippen MR) is 67.0 cm³/mol. The minimum absolute atomic E-state index is 0.0217. The summed E-state index contributed by atoms with van der Waals surface area (Å²) in [6.07, 6.45) is 3.66. The van der Waals surface area contributed by atoms with Crippen molar-refractivity contribution < 1.29 is 5.11 Å². The van der Waals surface area contributed by atoms with Gasteiger partial charge in [-0.05, 0) is 24.5 Å². The fourth-order valence-electron chi connectivity index (χ4n) is 1.52. The van der Waals surface area contributed by atoms with Crippen molar-refractivity contribution >= 4 is 17.5 Å². The first-order valence-corrected chi connectivity index (χ1v) is 6.02. The monoisotopic (exact) mass is 232 g/mol. The molecule has 2 rings (SSSR count). The van der Waals surface area contributed by atoms with E-state index in [9.17, 15) is 5.11 Å². The summed E-state index contributed by atoms with van der Waals surface area (Å²) in [5.74, 6) is 0.0217. The second-order valence-electron chi connectivity index (χ2n) is 3.25. The number of thioether (sulfide) groups is 1. The summed E-state index contributed by atoms with van der Waals surface area (Å²) in [4.78, 5) is 1.11. The van der Waals surface area contributed by atoms with E-state index >= 15 is 0 Å². The summed E-state index contributed by atoms with van der Waals surface area (Å²) in [5, 5.41) is 13.7. The Kier molecular flexibility index (Phi) is 3.01. The number of aromatic nitrogens is 2. The molecule has 0 saturated heterocycles. The molecule has 0 bridgehead atoms. The highest BCUT2D eigenvalue weighted by atomic mass is 32.2. The molecule has 1 aromatic carbocycles. The van der Waals surface area contributed by atoms with Crippen molar-refractivity contribution in [1.29, 1.82) is 0 Å². The van der Waals surface area contributed by atoms with Crippen LogP contribution >= 0.6 is 11.8 Å². The lowest BCUT2D eigenvalue weighted by Crippen LogP contribution is -2.02. The number of hydrogen-bond donors (Lipinski definition) is 1. The van der Waals surface area contributed by atoms with Gasteiger partial charge in [0.2, 0.25) is 0 Å². The van der Waals surface area contributed by atoms with Crippen molar-refractivity contribution in [3.8, 4) is 5.69 Å². The summed E-state index contributed by atoms with van der Waals surface area (Å²) >= 11 is 1.64. The third kappa shape index (κ3) is 1.84. The van der Waals surface area contributed by atoms with Crippen molar-refractivity contribution in [1.82, 2.24) is 9.78 Å². The molecule has 82 valence electrons. The highest BCUT2D eigenvalue weighted by Crippen LogP contribution is 2.25. The van der Waals surface area contributed by atoms with Crippen LogP contribution in [0.3, 0.4) is 0 Å². The third-order valence-corrected chi connectivity index (χ3v) is 3.04. The van der Waals surface area contributed by atoms with E-state index in [1.165, 1.54) is 0 Å². The van der Waals surface area contributed by atoms with Gasteiger partial charge in [0.1, 0.15) is 11.5 Å². The molecule has 16 heavy (non-hydrogen) atoms. The van der Waals surface area contributed by atoms with Crippen LogP contribution in [0.1, 0.15) is 5.69 Å². The average Bonchev–Trinajstić information content (AvgIpc) is 2.77. The van der Waals surface area contributed by atoms with E-state index in [4.69, 9.17) is 0 Å². The lowest BCUT2D eigenvalue weighted by Gasteiger charge is -2.09. The van der Waals surface area contributed by atoms with Gasteiger partial charge in [-0.15, -0.1) is 11.8 Å². The Hall–Kier alpha value is -1.68. The molecule has 0 fully saturated rings. The van der Waals surface area contributed by atoms with Crippen LogP contribution in [0.15, 0.2) is 48.0 Å². The Bertz CT molecular complexity index is 519. The molecule has 0 unspecified atom stereocenters. The second kappa shape index (κ2) is 4.45. The molecule has 0 saturated carbocycles. The van der Waals surface area contributed by atoms with Crippen LogP contribution < -0.4 is 0 Å². The van der Waals surface area contributed by atoms with Crippen LogP contribution in [0.2, 0.25) is 0 Å². The molecule has 0 amide bonds. The van der Waals surface area contributed by atoms with Gasteiger partial charge in [-0.1, -0.05) is 18.7 Å². The van der Waals surface area contributed by atoms with Crippen molar-refractivity contribution in [2.75, 3.05) is 6.26 Å². The number of nitrogens with zero attached hydrogens (tertiary/aromatic N) is 2. The number of hydrogen-bond acceptors (Lipinski definition) is 3. The van der Waals surface area contributed by atoms with E-state index < -0.39 is 0 Å². The summed E-state index contributed by atoms with van der Waals surface area (Å²) in [6, 6.07) is 9.64. The maximum absolute atomic E-state index is 9.46. The van der Waals surface area contributed by atoms with Crippen LogP contribution in [0.5, 0.6) is 0 Å². The Morgan fingerprint density at radius 1 is 1.38 bits per heavy atom. The van der Waals surface area contributed by atoms with Crippen molar-refractivity contribution in [3.63, 3.8) is 0 Å². The lowest BCUT2D eigenvalue weighted by molar-refractivity contribution is 0.506. The van der Waals surface area contributed by atoms with E-state index in [2.05, 4.69) is 11.7 Å². The van der Waals surface area contributed by atoms with Gasteiger partial charge in [0, 0.05) is 4.90 Å². The summed E-state index contributed by atoms with van der Waals surface area (Å²) < 4.78 is 1.69. The normalized spacial score (nSPS) is 10.3. The van der Waals surface area contributed by atoms with E-state index in [0.717, 1.165) is 10.6 Å². The Morgan fingerprint density at radius 2 is 2.12 bits per heavy atom. The number of benzene rings is 1. The van der Waals surface area contributed by atoms with Crippen molar-refractivity contribution in [3.05, 3.63) is 48.8 Å². The zero-order valence-corrected chi connectivity index (χ0v) is 9.74. The summed E-state index contributed by atoms with van der Waals surface area (Å²) in [7, 11) is 0. The van der Waals surface area contributed by atoms with Gasteiger partial charge in [0.15, 0.2) is 0 Å². The van der Waals surface area contributed by atoms with Crippen molar-refractivity contribution in [2.45, 2.75) is 4.90 Å². The third-order valence-electron chi connectivity index (χ3n) is 2.25. The molecule has 1 heterocycles. The largest absolute Gasteiger partial charge is 0.506 e. The fraction of sp³-hybridized carbons (Fsp3) is 0.0833. The minimum Gasteiger partial charge on any atom is -0.506 e. The van der Waals surface area contributed by atoms with Gasteiger partial charge >= 0.3 is 0 Å². The number of rotatable bonds is 3. The zero-order valence-electron chi connectivity index (χ0n) is 8.92. The van der Waals surface area contributed by atoms with Gasteiger partial charge in [0.25, 0.3) is 0 Å².